The molecule has 3 heteroatoms. The minimum absolute atomic E-state index is 0.929. The van der Waals surface area contributed by atoms with Crippen LogP contribution < -0.4 is 5.32 Å². The quantitative estimate of drug-likeness (QED) is 0.695. The number of rotatable bonds is 5. The van der Waals surface area contributed by atoms with Crippen molar-refractivity contribution in [3.8, 4) is 0 Å². The van der Waals surface area contributed by atoms with Gasteiger partial charge in [0.2, 0.25) is 0 Å². The van der Waals surface area contributed by atoms with Gasteiger partial charge >= 0.3 is 0 Å². The van der Waals surface area contributed by atoms with Gasteiger partial charge in [0.25, 0.3) is 0 Å². The average Bonchev–Trinajstić information content (AvgIpc) is 2.60. The second-order valence-electron chi connectivity index (χ2n) is 2.87. The first-order valence-electron chi connectivity index (χ1n) is 4.71. The summed E-state index contributed by atoms with van der Waals surface area (Å²) in [7, 11) is 1.96. The SMILES string of the molecule is CCn1nccc1C=CCCNC. The number of hydrogen-bond acceptors (Lipinski definition) is 2. The molecule has 1 aromatic rings. The normalized spacial score (nSPS) is 11.2. The molecule has 0 aliphatic heterocycles. The van der Waals surface area contributed by atoms with E-state index in [0.29, 0.717) is 0 Å². The highest BCUT2D eigenvalue weighted by molar-refractivity contribution is 5.44. The maximum absolute atomic E-state index is 4.18. The Kier molecular flexibility index (Phi) is 4.26. The van der Waals surface area contributed by atoms with E-state index in [2.05, 4.69) is 29.5 Å². The fourth-order valence-electron chi connectivity index (χ4n) is 1.18. The molecule has 0 aliphatic rings. The highest BCUT2D eigenvalue weighted by Gasteiger charge is 1.93. The molecule has 0 saturated heterocycles. The Labute approximate surface area is 79.5 Å². The summed E-state index contributed by atoms with van der Waals surface area (Å²) in [4.78, 5) is 0. The lowest BCUT2D eigenvalue weighted by molar-refractivity contribution is 0.653. The van der Waals surface area contributed by atoms with E-state index in [4.69, 9.17) is 0 Å². The van der Waals surface area contributed by atoms with Gasteiger partial charge in [0.05, 0.1) is 5.69 Å². The van der Waals surface area contributed by atoms with Gasteiger partial charge in [-0.2, -0.15) is 5.10 Å². The Balaban J connectivity index is 2.47. The predicted octanol–water partition coefficient (Wildman–Crippen LogP) is 1.53. The molecule has 72 valence electrons. The Morgan fingerprint density at radius 2 is 2.46 bits per heavy atom. The standard InChI is InChI=1S/C10H17N3/c1-3-13-10(7-9-12-13)6-4-5-8-11-2/h4,6-7,9,11H,3,5,8H2,1-2H3. The average molecular weight is 179 g/mol. The van der Waals surface area contributed by atoms with Crippen molar-refractivity contribution in [1.29, 1.82) is 0 Å². The molecule has 0 atom stereocenters. The van der Waals surface area contributed by atoms with E-state index in [0.717, 1.165) is 19.5 Å². The van der Waals surface area contributed by atoms with E-state index in [1.807, 2.05) is 24.0 Å². The molecule has 13 heavy (non-hydrogen) atoms. The van der Waals surface area contributed by atoms with Crippen LogP contribution in [0.25, 0.3) is 6.08 Å². The van der Waals surface area contributed by atoms with Gasteiger partial charge in [0, 0.05) is 12.7 Å². The molecule has 0 bridgehead atoms. The lowest BCUT2D eigenvalue weighted by Gasteiger charge is -1.98. The van der Waals surface area contributed by atoms with Crippen molar-refractivity contribution in [3.05, 3.63) is 24.0 Å². The minimum atomic E-state index is 0.929. The lowest BCUT2D eigenvalue weighted by atomic mass is 10.3. The number of nitrogens with one attached hydrogen (secondary N) is 1. The minimum Gasteiger partial charge on any atom is -0.319 e. The maximum atomic E-state index is 4.18. The van der Waals surface area contributed by atoms with Crippen LogP contribution >= 0.6 is 0 Å². The molecule has 0 aromatic carbocycles. The molecule has 1 heterocycles. The molecule has 1 aromatic heterocycles. The third kappa shape index (κ3) is 3.03. The summed E-state index contributed by atoms with van der Waals surface area (Å²) >= 11 is 0. The molecule has 0 saturated carbocycles. The van der Waals surface area contributed by atoms with Crippen LogP contribution in [0.2, 0.25) is 0 Å². The fraction of sp³-hybridized carbons (Fsp3) is 0.500. The maximum Gasteiger partial charge on any atom is 0.0606 e. The van der Waals surface area contributed by atoms with E-state index in [9.17, 15) is 0 Å². The lowest BCUT2D eigenvalue weighted by Crippen LogP contribution is -2.05. The molecule has 1 N–H and O–H groups in total. The Hall–Kier alpha value is -1.09. The van der Waals surface area contributed by atoms with Crippen LogP contribution in [0, 0.1) is 0 Å². The van der Waals surface area contributed by atoms with Gasteiger partial charge in [-0.3, -0.25) is 4.68 Å². The molecule has 3 nitrogen and oxygen atoms in total. The second-order valence-corrected chi connectivity index (χ2v) is 2.87. The summed E-state index contributed by atoms with van der Waals surface area (Å²) in [5.74, 6) is 0. The summed E-state index contributed by atoms with van der Waals surface area (Å²) in [6.45, 7) is 4.05. The summed E-state index contributed by atoms with van der Waals surface area (Å²) in [6, 6.07) is 2.03. The van der Waals surface area contributed by atoms with Crippen LogP contribution in [0.15, 0.2) is 18.3 Å². The zero-order valence-electron chi connectivity index (χ0n) is 8.33. The Bertz CT molecular complexity index is 263. The molecular weight excluding hydrogens is 162 g/mol. The fourth-order valence-corrected chi connectivity index (χ4v) is 1.18. The van der Waals surface area contributed by atoms with Crippen molar-refractivity contribution in [3.63, 3.8) is 0 Å². The first-order chi connectivity index (χ1) is 6.38. The highest BCUT2D eigenvalue weighted by atomic mass is 15.3. The van der Waals surface area contributed by atoms with Gasteiger partial charge < -0.3 is 5.32 Å². The molecular formula is C10H17N3. The summed E-state index contributed by atoms with van der Waals surface area (Å²) in [5.41, 5.74) is 1.18. The zero-order chi connectivity index (χ0) is 9.52. The van der Waals surface area contributed by atoms with Crippen molar-refractivity contribution < 1.29 is 0 Å². The van der Waals surface area contributed by atoms with Crippen molar-refractivity contribution in [2.24, 2.45) is 0 Å². The predicted molar refractivity (Wildman–Crippen MR) is 55.5 cm³/mol. The number of hydrogen-bond donors (Lipinski definition) is 1. The summed E-state index contributed by atoms with van der Waals surface area (Å²) in [5, 5.41) is 7.29. The highest BCUT2D eigenvalue weighted by Crippen LogP contribution is 2.01. The Morgan fingerprint density at radius 3 is 3.15 bits per heavy atom. The topological polar surface area (TPSA) is 29.9 Å². The second kappa shape index (κ2) is 5.54. The largest absolute Gasteiger partial charge is 0.319 e. The molecule has 0 unspecified atom stereocenters. The molecule has 0 fully saturated rings. The molecule has 0 aliphatic carbocycles. The van der Waals surface area contributed by atoms with Crippen molar-refractivity contribution in [2.75, 3.05) is 13.6 Å². The van der Waals surface area contributed by atoms with E-state index in [1.165, 1.54) is 5.69 Å². The van der Waals surface area contributed by atoms with Crippen LogP contribution in [0.5, 0.6) is 0 Å². The first-order valence-corrected chi connectivity index (χ1v) is 4.71. The number of nitrogens with zero attached hydrogens (tertiary/aromatic N) is 2. The first kappa shape index (κ1) is 9.99. The van der Waals surface area contributed by atoms with Gasteiger partial charge in [-0.15, -0.1) is 0 Å². The smallest absolute Gasteiger partial charge is 0.0606 e. The van der Waals surface area contributed by atoms with Gasteiger partial charge in [-0.25, -0.2) is 0 Å². The van der Waals surface area contributed by atoms with Crippen LogP contribution in [0.3, 0.4) is 0 Å². The Morgan fingerprint density at radius 1 is 1.62 bits per heavy atom. The van der Waals surface area contributed by atoms with Crippen molar-refractivity contribution in [1.82, 2.24) is 15.1 Å². The van der Waals surface area contributed by atoms with Crippen LogP contribution in [-0.2, 0) is 6.54 Å². The summed E-state index contributed by atoms with van der Waals surface area (Å²) in [6.07, 6.45) is 7.18. The number of aromatic nitrogens is 2. The van der Waals surface area contributed by atoms with Crippen molar-refractivity contribution in [2.45, 2.75) is 19.9 Å². The van der Waals surface area contributed by atoms with Gasteiger partial charge in [0.1, 0.15) is 0 Å². The molecule has 0 amide bonds. The molecule has 0 radical (unpaired) electrons. The molecule has 1 rings (SSSR count). The van der Waals surface area contributed by atoms with E-state index >= 15 is 0 Å². The van der Waals surface area contributed by atoms with Crippen molar-refractivity contribution >= 4 is 6.08 Å². The van der Waals surface area contributed by atoms with Crippen LogP contribution in [-0.4, -0.2) is 23.4 Å². The number of aryl methyl sites for hydroxylation is 1. The monoisotopic (exact) mass is 179 g/mol. The van der Waals surface area contributed by atoms with E-state index in [-0.39, 0.29) is 0 Å². The van der Waals surface area contributed by atoms with Gasteiger partial charge in [-0.1, -0.05) is 6.08 Å². The zero-order valence-corrected chi connectivity index (χ0v) is 8.33. The van der Waals surface area contributed by atoms with Gasteiger partial charge in [0.15, 0.2) is 0 Å². The summed E-state index contributed by atoms with van der Waals surface area (Å²) < 4.78 is 1.98. The van der Waals surface area contributed by atoms with E-state index in [1.54, 1.807) is 0 Å². The third-order valence-corrected chi connectivity index (χ3v) is 1.90. The van der Waals surface area contributed by atoms with Crippen LogP contribution in [0.1, 0.15) is 19.0 Å². The van der Waals surface area contributed by atoms with Gasteiger partial charge in [-0.05, 0) is 39.1 Å². The third-order valence-electron chi connectivity index (χ3n) is 1.90. The van der Waals surface area contributed by atoms with Crippen LogP contribution in [0.4, 0.5) is 0 Å². The van der Waals surface area contributed by atoms with E-state index < -0.39 is 0 Å². The molecule has 0 spiro atoms.